The van der Waals surface area contributed by atoms with Gasteiger partial charge in [0.1, 0.15) is 23.0 Å². The van der Waals surface area contributed by atoms with E-state index in [1.165, 1.54) is 0 Å². The van der Waals surface area contributed by atoms with Crippen LogP contribution in [-0.2, 0) is 0 Å². The van der Waals surface area contributed by atoms with Crippen molar-refractivity contribution in [2.75, 3.05) is 46.9 Å². The molecule has 0 heterocycles. The molecule has 150 valence electrons. The fourth-order valence-electron chi connectivity index (χ4n) is 2.07. The van der Waals surface area contributed by atoms with Gasteiger partial charge in [0.2, 0.25) is 0 Å². The Morgan fingerprint density at radius 2 is 1.26 bits per heavy atom. The van der Waals surface area contributed by atoms with Crippen molar-refractivity contribution >= 4 is 11.6 Å². The Balaban J connectivity index is 0.000000271. The molecule has 5 nitrogen and oxygen atoms in total. The van der Waals surface area contributed by atoms with Crippen molar-refractivity contribution < 1.29 is 18.9 Å². The summed E-state index contributed by atoms with van der Waals surface area (Å²) in [6.07, 6.45) is 1.87. The highest BCUT2D eigenvalue weighted by molar-refractivity contribution is 6.17. The molecule has 0 aromatic heterocycles. The smallest absolute Gasteiger partial charge is 0.122 e. The van der Waals surface area contributed by atoms with Gasteiger partial charge in [-0.25, -0.2) is 0 Å². The normalized spacial score (nSPS) is 9.78. The van der Waals surface area contributed by atoms with E-state index in [1.54, 1.807) is 14.2 Å². The lowest BCUT2D eigenvalue weighted by molar-refractivity contribution is 0.307. The summed E-state index contributed by atoms with van der Waals surface area (Å²) in [5, 5.41) is 3.07. The van der Waals surface area contributed by atoms with Gasteiger partial charge in [0.15, 0.2) is 0 Å². The Morgan fingerprint density at radius 1 is 0.778 bits per heavy atom. The van der Waals surface area contributed by atoms with Crippen LogP contribution in [0.15, 0.2) is 48.5 Å². The van der Waals surface area contributed by atoms with Crippen LogP contribution in [0.2, 0.25) is 0 Å². The Hall–Kier alpha value is -2.11. The molecule has 2 aromatic rings. The van der Waals surface area contributed by atoms with Gasteiger partial charge in [-0.05, 0) is 50.7 Å². The third-order valence-corrected chi connectivity index (χ3v) is 3.74. The van der Waals surface area contributed by atoms with E-state index < -0.39 is 0 Å². The van der Waals surface area contributed by atoms with Gasteiger partial charge in [-0.1, -0.05) is 12.1 Å². The van der Waals surface area contributed by atoms with Crippen LogP contribution in [0.3, 0.4) is 0 Å². The number of benzene rings is 2. The van der Waals surface area contributed by atoms with Crippen LogP contribution in [0.4, 0.5) is 0 Å². The monoisotopic (exact) mass is 395 g/mol. The van der Waals surface area contributed by atoms with Gasteiger partial charge in [0.05, 0.1) is 27.4 Å². The number of rotatable bonds is 11. The third kappa shape index (κ3) is 10.6. The maximum Gasteiger partial charge on any atom is 0.122 e. The molecular weight excluding hydrogens is 366 g/mol. The number of methoxy groups -OCH3 is 2. The molecule has 0 bridgehead atoms. The van der Waals surface area contributed by atoms with Crippen LogP contribution < -0.4 is 24.3 Å². The lowest BCUT2D eigenvalue weighted by atomic mass is 10.3. The van der Waals surface area contributed by atoms with Crippen molar-refractivity contribution in [2.24, 2.45) is 0 Å². The van der Waals surface area contributed by atoms with E-state index in [-0.39, 0.29) is 0 Å². The average molecular weight is 396 g/mol. The van der Waals surface area contributed by atoms with Gasteiger partial charge < -0.3 is 24.3 Å². The Morgan fingerprint density at radius 3 is 1.70 bits per heavy atom. The maximum atomic E-state index is 5.53. The lowest BCUT2D eigenvalue weighted by Crippen LogP contribution is -2.11. The van der Waals surface area contributed by atoms with Crippen LogP contribution in [0.1, 0.15) is 12.8 Å². The zero-order valence-electron chi connectivity index (χ0n) is 16.4. The van der Waals surface area contributed by atoms with Crippen molar-refractivity contribution in [3.8, 4) is 23.0 Å². The SMILES string of the molecule is CNCCCOc1cccc(OC)c1.COc1cccc(OCCCCl)c1. The van der Waals surface area contributed by atoms with E-state index in [1.807, 2.05) is 55.6 Å². The van der Waals surface area contributed by atoms with Gasteiger partial charge in [0, 0.05) is 18.0 Å². The van der Waals surface area contributed by atoms with Crippen LogP contribution in [0.25, 0.3) is 0 Å². The van der Waals surface area contributed by atoms with Gasteiger partial charge in [0.25, 0.3) is 0 Å². The summed E-state index contributed by atoms with van der Waals surface area (Å²) < 4.78 is 21.1. The van der Waals surface area contributed by atoms with Gasteiger partial charge in [-0.3, -0.25) is 0 Å². The number of nitrogens with one attached hydrogen (secondary N) is 1. The first kappa shape index (κ1) is 22.9. The first-order valence-electron chi connectivity index (χ1n) is 8.97. The average Bonchev–Trinajstić information content (AvgIpc) is 2.72. The largest absolute Gasteiger partial charge is 0.497 e. The Bertz CT molecular complexity index is 625. The molecule has 0 aliphatic carbocycles. The third-order valence-electron chi connectivity index (χ3n) is 3.47. The standard InChI is InChI=1S/C11H17NO2.C10H13ClO2/c1-12-7-4-8-14-11-6-3-5-10(9-11)13-2;1-12-9-4-2-5-10(8-9)13-7-3-6-11/h3,5-6,9,12H,4,7-8H2,1-2H3;2,4-5,8H,3,6-7H2,1H3. The predicted octanol–water partition coefficient (Wildman–Crippen LogP) is 4.39. The second-order valence-corrected chi connectivity index (χ2v) is 5.93. The van der Waals surface area contributed by atoms with Crippen molar-refractivity contribution in [3.63, 3.8) is 0 Å². The number of hydrogen-bond donors (Lipinski definition) is 1. The molecule has 0 saturated carbocycles. The highest BCUT2D eigenvalue weighted by Gasteiger charge is 1.96. The topological polar surface area (TPSA) is 49.0 Å². The van der Waals surface area contributed by atoms with E-state index in [0.717, 1.165) is 49.0 Å². The number of hydrogen-bond acceptors (Lipinski definition) is 5. The Kier molecular flexibility index (Phi) is 12.7. The van der Waals surface area contributed by atoms with E-state index in [0.29, 0.717) is 12.5 Å². The molecule has 0 saturated heterocycles. The van der Waals surface area contributed by atoms with Gasteiger partial charge >= 0.3 is 0 Å². The van der Waals surface area contributed by atoms with E-state index in [9.17, 15) is 0 Å². The van der Waals surface area contributed by atoms with Crippen molar-refractivity contribution in [3.05, 3.63) is 48.5 Å². The second kappa shape index (κ2) is 15.0. The van der Waals surface area contributed by atoms with E-state index in [2.05, 4.69) is 5.32 Å². The lowest BCUT2D eigenvalue weighted by Gasteiger charge is -2.07. The zero-order valence-corrected chi connectivity index (χ0v) is 17.1. The van der Waals surface area contributed by atoms with Crippen LogP contribution >= 0.6 is 11.6 Å². The molecule has 2 aromatic carbocycles. The highest BCUT2D eigenvalue weighted by Crippen LogP contribution is 2.19. The fraction of sp³-hybridized carbons (Fsp3) is 0.429. The molecule has 0 amide bonds. The highest BCUT2D eigenvalue weighted by atomic mass is 35.5. The number of halogens is 1. The molecule has 6 heteroatoms. The Labute approximate surface area is 167 Å². The molecule has 0 radical (unpaired) electrons. The van der Waals surface area contributed by atoms with Crippen LogP contribution in [0.5, 0.6) is 23.0 Å². The number of ether oxygens (including phenoxy) is 4. The number of alkyl halides is 1. The van der Waals surface area contributed by atoms with Gasteiger partial charge in [-0.2, -0.15) is 0 Å². The molecule has 0 fully saturated rings. The van der Waals surface area contributed by atoms with Crippen molar-refractivity contribution in [1.29, 1.82) is 0 Å². The molecule has 0 atom stereocenters. The van der Waals surface area contributed by atoms with Crippen molar-refractivity contribution in [2.45, 2.75) is 12.8 Å². The summed E-state index contributed by atoms with van der Waals surface area (Å²) in [5.41, 5.74) is 0. The van der Waals surface area contributed by atoms with E-state index >= 15 is 0 Å². The summed E-state index contributed by atoms with van der Waals surface area (Å²) in [5.74, 6) is 3.95. The fourth-order valence-corrected chi connectivity index (χ4v) is 2.17. The summed E-state index contributed by atoms with van der Waals surface area (Å²) in [4.78, 5) is 0. The summed E-state index contributed by atoms with van der Waals surface area (Å²) >= 11 is 5.52. The first-order valence-corrected chi connectivity index (χ1v) is 9.51. The first-order chi connectivity index (χ1) is 13.2. The molecule has 1 N–H and O–H groups in total. The molecular formula is C21H30ClNO4. The second-order valence-electron chi connectivity index (χ2n) is 5.55. The minimum Gasteiger partial charge on any atom is -0.497 e. The van der Waals surface area contributed by atoms with Gasteiger partial charge in [-0.15, -0.1) is 11.6 Å². The summed E-state index contributed by atoms with van der Waals surface area (Å²) in [6, 6.07) is 15.2. The molecule has 2 rings (SSSR count). The zero-order chi connectivity index (χ0) is 19.7. The van der Waals surface area contributed by atoms with Crippen LogP contribution in [0, 0.1) is 0 Å². The predicted molar refractivity (Wildman–Crippen MR) is 111 cm³/mol. The quantitative estimate of drug-likeness (QED) is 0.451. The summed E-state index contributed by atoms with van der Waals surface area (Å²) in [7, 11) is 5.23. The summed E-state index contributed by atoms with van der Waals surface area (Å²) in [6.45, 7) is 2.36. The molecule has 0 aliphatic rings. The molecule has 0 aliphatic heterocycles. The minimum absolute atomic E-state index is 0.629. The van der Waals surface area contributed by atoms with Crippen LogP contribution in [-0.4, -0.2) is 46.9 Å². The molecule has 0 unspecified atom stereocenters. The molecule has 0 spiro atoms. The van der Waals surface area contributed by atoms with Crippen molar-refractivity contribution in [1.82, 2.24) is 5.32 Å². The van der Waals surface area contributed by atoms with E-state index in [4.69, 9.17) is 30.5 Å². The maximum absolute atomic E-state index is 5.53. The molecule has 27 heavy (non-hydrogen) atoms. The minimum atomic E-state index is 0.629.